The first-order chi connectivity index (χ1) is 7.24. The van der Waals surface area contributed by atoms with Gasteiger partial charge in [-0.3, -0.25) is 0 Å². The van der Waals surface area contributed by atoms with Crippen molar-refractivity contribution in [2.24, 2.45) is 0 Å². The Morgan fingerprint density at radius 2 is 0.727 bits per heavy atom. The first-order valence-corrected chi connectivity index (χ1v) is 7.18. The zero-order valence-electron chi connectivity index (χ0n) is 11.7. The molecule has 2 radical (unpaired) electrons. The summed E-state index contributed by atoms with van der Waals surface area (Å²) in [5, 5.41) is 0. The third-order valence-corrected chi connectivity index (χ3v) is 4.92. The molecule has 0 aliphatic heterocycles. The maximum atomic E-state index is 2.25. The average molecular weight is 498 g/mol. The molecule has 0 aromatic heterocycles. The van der Waals surface area contributed by atoms with Gasteiger partial charge in [0.2, 0.25) is 0 Å². The summed E-state index contributed by atoms with van der Waals surface area (Å²) >= 11 is 0.00313. The molecule has 126 valence electrons. The standard InChI is InChI=1S/C14H14I.As.6FH/c1-11-3-7-13(8-4-11)15-14-9-5-12(2)6-10-14;;;;;;;/h3-10H,1-2H3;;6*1H/q+1;+3;;;;;;/p-6. The Morgan fingerprint density at radius 1 is 0.500 bits per heavy atom. The van der Waals surface area contributed by atoms with Crippen LogP contribution < -0.4 is 49.4 Å². The van der Waals surface area contributed by atoms with Crippen LogP contribution >= 0.6 is 0 Å². The van der Waals surface area contributed by atoms with Gasteiger partial charge in [-0.05, 0) is 38.1 Å². The predicted octanol–water partition coefficient (Wildman–Crippen LogP) is -17.9. The molecule has 0 heterocycles. The quantitative estimate of drug-likeness (QED) is 0.220. The molecule has 22 heavy (non-hydrogen) atoms. The minimum Gasteiger partial charge on any atom is -1.00 e. The van der Waals surface area contributed by atoms with E-state index in [-0.39, 0.29) is 67.4 Å². The summed E-state index contributed by atoms with van der Waals surface area (Å²) < 4.78 is 2.98. The predicted molar refractivity (Wildman–Crippen MR) is 65.5 cm³/mol. The van der Waals surface area contributed by atoms with E-state index in [1.807, 2.05) is 0 Å². The first kappa shape index (κ1) is 37.5. The van der Waals surface area contributed by atoms with Crippen molar-refractivity contribution in [1.82, 2.24) is 0 Å². The van der Waals surface area contributed by atoms with Gasteiger partial charge >= 0.3 is 39.2 Å². The summed E-state index contributed by atoms with van der Waals surface area (Å²) in [6.07, 6.45) is 0. The van der Waals surface area contributed by atoms with E-state index in [1.165, 1.54) is 18.3 Å². The second-order valence-corrected chi connectivity index (χ2v) is 6.72. The number of halogens is 7. The number of hydrogen-bond acceptors (Lipinski definition) is 0. The Kier molecular flexibility index (Phi) is 31.3. The van der Waals surface area contributed by atoms with Crippen LogP contribution in [0.2, 0.25) is 0 Å². The molecule has 0 amide bonds. The monoisotopic (exact) mass is 498 g/mol. The minimum atomic E-state index is 0. The van der Waals surface area contributed by atoms with E-state index in [4.69, 9.17) is 0 Å². The maximum Gasteiger partial charge on any atom is 3.00 e. The Morgan fingerprint density at radius 3 is 0.955 bits per heavy atom. The van der Waals surface area contributed by atoms with E-state index in [0.717, 1.165) is 0 Å². The molecule has 0 spiro atoms. The molecule has 0 nitrogen and oxygen atoms in total. The van der Waals surface area contributed by atoms with Crippen molar-refractivity contribution in [3.8, 4) is 0 Å². The smallest absolute Gasteiger partial charge is 1.00 e. The molecule has 0 saturated heterocycles. The van der Waals surface area contributed by atoms with Crippen LogP contribution in [0.4, 0.5) is 0 Å². The molecule has 0 unspecified atom stereocenters. The molecular weight excluding hydrogens is 484 g/mol. The van der Waals surface area contributed by atoms with E-state index in [0.29, 0.717) is 0 Å². The zero-order chi connectivity index (χ0) is 10.7. The Hall–Kier alpha value is -0.692. The van der Waals surface area contributed by atoms with Gasteiger partial charge in [-0.2, -0.15) is 0 Å². The summed E-state index contributed by atoms with van der Waals surface area (Å²) in [6, 6.07) is 17.8. The largest absolute Gasteiger partial charge is 3.00 e. The fraction of sp³-hybridized carbons (Fsp3) is 0.143. The second-order valence-electron chi connectivity index (χ2n) is 3.69. The molecule has 0 aliphatic rings. The summed E-state index contributed by atoms with van der Waals surface area (Å²) in [7, 11) is 0. The second kappa shape index (κ2) is 18.4. The van der Waals surface area contributed by atoms with Crippen LogP contribution in [-0.2, 0) is 0 Å². The van der Waals surface area contributed by atoms with Crippen LogP contribution in [0.5, 0.6) is 0 Å². The Balaban J connectivity index is -0.0000000914. The van der Waals surface area contributed by atoms with E-state index >= 15 is 0 Å². The van der Waals surface area contributed by atoms with Crippen molar-refractivity contribution in [2.45, 2.75) is 13.8 Å². The van der Waals surface area contributed by atoms with Gasteiger partial charge in [0.1, 0.15) is 0 Å². The van der Waals surface area contributed by atoms with Gasteiger partial charge in [0.05, 0.1) is 0 Å². The van der Waals surface area contributed by atoms with Crippen LogP contribution in [-0.4, -0.2) is 18.0 Å². The van der Waals surface area contributed by atoms with Crippen molar-refractivity contribution >= 4 is 18.0 Å². The molecule has 2 rings (SSSR count). The number of benzene rings is 2. The molecule has 8 heteroatoms. The van der Waals surface area contributed by atoms with Gasteiger partial charge in [0.15, 0.2) is 7.14 Å². The number of aryl methyl sites for hydroxylation is 2. The van der Waals surface area contributed by atoms with Crippen molar-refractivity contribution < 1.29 is 49.4 Å². The van der Waals surface area contributed by atoms with Crippen molar-refractivity contribution in [3.05, 3.63) is 66.8 Å². The van der Waals surface area contributed by atoms with Gasteiger partial charge in [-0.1, -0.05) is 35.4 Å². The molecular formula is C14H14AsF6I-2. The normalized spacial score (nSPS) is 7.00. The molecule has 0 saturated carbocycles. The van der Waals surface area contributed by atoms with Crippen molar-refractivity contribution in [3.63, 3.8) is 0 Å². The third-order valence-electron chi connectivity index (χ3n) is 2.24. The maximum absolute atomic E-state index is 2.25. The molecule has 0 bridgehead atoms. The molecule has 0 N–H and O–H groups in total. The van der Waals surface area contributed by atoms with E-state index in [1.54, 1.807) is 0 Å². The molecule has 0 fully saturated rings. The SMILES string of the molecule is Cc1ccc([I+]c2ccc(C)cc2)cc1.[As+3].[F-].[F-].[F-].[F-].[F-].[F-]. The fourth-order valence-corrected chi connectivity index (χ4v) is 3.48. The van der Waals surface area contributed by atoms with Crippen LogP contribution in [0.1, 0.15) is 11.1 Å². The van der Waals surface area contributed by atoms with Crippen molar-refractivity contribution in [1.29, 1.82) is 0 Å². The molecule has 0 atom stereocenters. The number of hydrogen-bond donors (Lipinski definition) is 0. The summed E-state index contributed by atoms with van der Waals surface area (Å²) in [4.78, 5) is 0. The van der Waals surface area contributed by atoms with E-state index in [9.17, 15) is 0 Å². The minimum absolute atomic E-state index is 0. The van der Waals surface area contributed by atoms with Crippen LogP contribution in [0.15, 0.2) is 48.5 Å². The summed E-state index contributed by atoms with van der Waals surface area (Å²) in [5.74, 6) is 0. The molecule has 2 aromatic carbocycles. The van der Waals surface area contributed by atoms with Gasteiger partial charge in [0.25, 0.3) is 0 Å². The van der Waals surface area contributed by atoms with Gasteiger partial charge in [-0.15, -0.1) is 0 Å². The zero-order valence-corrected chi connectivity index (χ0v) is 15.7. The summed E-state index contributed by atoms with van der Waals surface area (Å²) in [6.45, 7) is 4.27. The molecule has 0 aliphatic carbocycles. The van der Waals surface area contributed by atoms with Crippen LogP contribution in [0.3, 0.4) is 0 Å². The Bertz CT molecular complexity index is 406. The van der Waals surface area contributed by atoms with E-state index < -0.39 is 0 Å². The van der Waals surface area contributed by atoms with Gasteiger partial charge in [0, 0.05) is 0 Å². The number of rotatable bonds is 2. The summed E-state index contributed by atoms with van der Waals surface area (Å²) in [5.41, 5.74) is 2.68. The van der Waals surface area contributed by atoms with Gasteiger partial charge in [-0.25, -0.2) is 0 Å². The van der Waals surface area contributed by atoms with Crippen LogP contribution in [0, 0.1) is 21.0 Å². The van der Waals surface area contributed by atoms with Crippen LogP contribution in [0.25, 0.3) is 0 Å². The molecule has 2 aromatic rings. The first-order valence-electron chi connectivity index (χ1n) is 5.02. The van der Waals surface area contributed by atoms with Gasteiger partial charge < -0.3 is 28.2 Å². The Labute approximate surface area is 147 Å². The average Bonchev–Trinajstić information content (AvgIpc) is 2.25. The third kappa shape index (κ3) is 11.9. The van der Waals surface area contributed by atoms with E-state index in [2.05, 4.69) is 62.4 Å². The fourth-order valence-electron chi connectivity index (χ4n) is 1.32. The topological polar surface area (TPSA) is 0 Å². The van der Waals surface area contributed by atoms with Crippen molar-refractivity contribution in [2.75, 3.05) is 0 Å².